The molecule has 2 rings (SSSR count). The van der Waals surface area contributed by atoms with Gasteiger partial charge in [0, 0.05) is 36.6 Å². The zero-order valence-corrected chi connectivity index (χ0v) is 14.7. The van der Waals surface area contributed by atoms with Gasteiger partial charge in [0.25, 0.3) is 0 Å². The van der Waals surface area contributed by atoms with Crippen LogP contribution in [0, 0.1) is 13.8 Å². The summed E-state index contributed by atoms with van der Waals surface area (Å²) in [6.45, 7) is 7.41. The smallest absolute Gasteiger partial charge is 0.191 e. The highest BCUT2D eigenvalue weighted by molar-refractivity contribution is 6.31. The van der Waals surface area contributed by atoms with E-state index in [0.717, 1.165) is 40.1 Å². The molecule has 0 spiro atoms. The lowest BCUT2D eigenvalue weighted by atomic mass is 10.00. The maximum atomic E-state index is 6.16. The van der Waals surface area contributed by atoms with E-state index in [9.17, 15) is 0 Å². The number of nitrogens with one attached hydrogen (secondary N) is 2. The Morgan fingerprint density at radius 2 is 2.04 bits per heavy atom. The van der Waals surface area contributed by atoms with Crippen LogP contribution in [-0.4, -0.2) is 24.7 Å². The molecule has 0 aliphatic rings. The quantitative estimate of drug-likeness (QED) is 0.649. The van der Waals surface area contributed by atoms with Crippen LogP contribution >= 0.6 is 11.6 Å². The SMILES string of the molecule is CN=C(NCc1ccccc1Cl)NCC(C)c1c(C)noc1C. The third-order valence-electron chi connectivity index (χ3n) is 3.78. The van der Waals surface area contributed by atoms with Crippen molar-refractivity contribution in [1.29, 1.82) is 0 Å². The van der Waals surface area contributed by atoms with Gasteiger partial charge >= 0.3 is 0 Å². The monoisotopic (exact) mass is 334 g/mol. The van der Waals surface area contributed by atoms with Crippen molar-refractivity contribution in [1.82, 2.24) is 15.8 Å². The van der Waals surface area contributed by atoms with E-state index in [1.165, 1.54) is 0 Å². The minimum Gasteiger partial charge on any atom is -0.361 e. The van der Waals surface area contributed by atoms with Gasteiger partial charge in [-0.15, -0.1) is 0 Å². The molecular formula is C17H23ClN4O. The number of guanidine groups is 1. The summed E-state index contributed by atoms with van der Waals surface area (Å²) < 4.78 is 5.23. The van der Waals surface area contributed by atoms with Crippen molar-refractivity contribution in [3.8, 4) is 0 Å². The highest BCUT2D eigenvalue weighted by Crippen LogP contribution is 2.22. The highest BCUT2D eigenvalue weighted by Gasteiger charge is 2.16. The molecule has 0 saturated carbocycles. The van der Waals surface area contributed by atoms with E-state index < -0.39 is 0 Å². The Hall–Kier alpha value is -2.01. The van der Waals surface area contributed by atoms with Crippen molar-refractivity contribution in [2.75, 3.05) is 13.6 Å². The molecular weight excluding hydrogens is 312 g/mol. The minimum absolute atomic E-state index is 0.278. The van der Waals surface area contributed by atoms with Crippen LogP contribution in [-0.2, 0) is 6.54 Å². The summed E-state index contributed by atoms with van der Waals surface area (Å²) >= 11 is 6.16. The Morgan fingerprint density at radius 3 is 2.65 bits per heavy atom. The predicted octanol–water partition coefficient (Wildman–Crippen LogP) is 3.41. The van der Waals surface area contributed by atoms with Gasteiger partial charge in [-0.25, -0.2) is 0 Å². The van der Waals surface area contributed by atoms with E-state index in [2.05, 4.69) is 27.7 Å². The molecule has 2 N–H and O–H groups in total. The van der Waals surface area contributed by atoms with Crippen molar-refractivity contribution >= 4 is 17.6 Å². The van der Waals surface area contributed by atoms with Gasteiger partial charge in [0.2, 0.25) is 0 Å². The minimum atomic E-state index is 0.278. The topological polar surface area (TPSA) is 62.5 Å². The largest absolute Gasteiger partial charge is 0.361 e. The second-order valence-electron chi connectivity index (χ2n) is 5.54. The summed E-state index contributed by atoms with van der Waals surface area (Å²) in [6, 6.07) is 7.77. The van der Waals surface area contributed by atoms with Crippen LogP contribution in [0.2, 0.25) is 5.02 Å². The summed E-state index contributed by atoms with van der Waals surface area (Å²) in [5.41, 5.74) is 3.13. The molecule has 0 aliphatic carbocycles. The van der Waals surface area contributed by atoms with Gasteiger partial charge in [0.05, 0.1) is 5.69 Å². The Labute approximate surface area is 142 Å². The van der Waals surface area contributed by atoms with Gasteiger partial charge in [-0.05, 0) is 25.5 Å². The number of hydrogen-bond acceptors (Lipinski definition) is 3. The van der Waals surface area contributed by atoms with E-state index in [0.29, 0.717) is 6.54 Å². The summed E-state index contributed by atoms with van der Waals surface area (Å²) in [6.07, 6.45) is 0. The van der Waals surface area contributed by atoms with Gasteiger partial charge in [-0.1, -0.05) is 41.9 Å². The van der Waals surface area contributed by atoms with Crippen LogP contribution in [0.3, 0.4) is 0 Å². The number of aliphatic imine (C=N–C) groups is 1. The number of benzene rings is 1. The first-order valence-electron chi connectivity index (χ1n) is 7.63. The molecule has 1 atom stereocenters. The van der Waals surface area contributed by atoms with E-state index in [-0.39, 0.29) is 5.92 Å². The molecule has 1 aromatic carbocycles. The molecule has 0 aliphatic heterocycles. The number of rotatable bonds is 5. The standard InChI is InChI=1S/C17H23ClN4O/c1-11(16-12(2)22-23-13(16)3)9-20-17(19-4)21-10-14-7-5-6-8-15(14)18/h5-8,11H,9-10H2,1-4H3,(H2,19,20,21). The van der Waals surface area contributed by atoms with Gasteiger partial charge in [0.1, 0.15) is 5.76 Å². The van der Waals surface area contributed by atoms with Crippen molar-refractivity contribution in [2.45, 2.75) is 33.2 Å². The van der Waals surface area contributed by atoms with Gasteiger partial charge in [-0.2, -0.15) is 0 Å². The van der Waals surface area contributed by atoms with Crippen molar-refractivity contribution in [3.05, 3.63) is 51.9 Å². The number of aryl methyl sites for hydroxylation is 2. The van der Waals surface area contributed by atoms with Crippen LogP contribution < -0.4 is 10.6 Å². The zero-order chi connectivity index (χ0) is 16.8. The summed E-state index contributed by atoms with van der Waals surface area (Å²) in [4.78, 5) is 4.24. The molecule has 1 unspecified atom stereocenters. The summed E-state index contributed by atoms with van der Waals surface area (Å²) in [5, 5.41) is 11.4. The molecule has 2 aromatic rings. The molecule has 0 saturated heterocycles. The first-order chi connectivity index (χ1) is 11.0. The van der Waals surface area contributed by atoms with E-state index in [1.54, 1.807) is 7.05 Å². The van der Waals surface area contributed by atoms with Crippen molar-refractivity contribution in [3.63, 3.8) is 0 Å². The molecule has 0 radical (unpaired) electrons. The lowest BCUT2D eigenvalue weighted by Gasteiger charge is -2.16. The number of hydrogen-bond donors (Lipinski definition) is 2. The van der Waals surface area contributed by atoms with E-state index >= 15 is 0 Å². The molecule has 0 fully saturated rings. The third kappa shape index (κ3) is 4.48. The third-order valence-corrected chi connectivity index (χ3v) is 4.15. The molecule has 1 aromatic heterocycles. The Balaban J connectivity index is 1.89. The van der Waals surface area contributed by atoms with Gasteiger partial charge < -0.3 is 15.2 Å². The molecule has 6 heteroatoms. The average molecular weight is 335 g/mol. The van der Waals surface area contributed by atoms with Crippen LogP contribution in [0.25, 0.3) is 0 Å². The highest BCUT2D eigenvalue weighted by atomic mass is 35.5. The van der Waals surface area contributed by atoms with Crippen LogP contribution in [0.15, 0.2) is 33.8 Å². The summed E-state index contributed by atoms with van der Waals surface area (Å²) in [7, 11) is 1.75. The second kappa shape index (κ2) is 8.02. The molecule has 0 bridgehead atoms. The Morgan fingerprint density at radius 1 is 1.30 bits per heavy atom. The lowest BCUT2D eigenvalue weighted by molar-refractivity contribution is 0.391. The van der Waals surface area contributed by atoms with Gasteiger partial charge in [0.15, 0.2) is 5.96 Å². The number of aromatic nitrogens is 1. The van der Waals surface area contributed by atoms with Crippen molar-refractivity contribution in [2.24, 2.45) is 4.99 Å². The van der Waals surface area contributed by atoms with Crippen LogP contribution in [0.1, 0.15) is 35.4 Å². The Bertz CT molecular complexity index is 661. The fraction of sp³-hybridized carbons (Fsp3) is 0.412. The van der Waals surface area contributed by atoms with E-state index in [1.807, 2.05) is 38.1 Å². The maximum Gasteiger partial charge on any atom is 0.191 e. The molecule has 1 heterocycles. The normalized spacial score (nSPS) is 13.0. The lowest BCUT2D eigenvalue weighted by Crippen LogP contribution is -2.38. The first-order valence-corrected chi connectivity index (χ1v) is 8.01. The fourth-order valence-corrected chi connectivity index (χ4v) is 2.79. The molecule has 124 valence electrons. The molecule has 5 nitrogen and oxygen atoms in total. The Kier molecular flexibility index (Phi) is 6.04. The number of halogens is 1. The molecule has 23 heavy (non-hydrogen) atoms. The van der Waals surface area contributed by atoms with Crippen molar-refractivity contribution < 1.29 is 4.52 Å². The number of nitrogens with zero attached hydrogens (tertiary/aromatic N) is 2. The predicted molar refractivity (Wildman–Crippen MR) is 94.0 cm³/mol. The fourth-order valence-electron chi connectivity index (χ4n) is 2.59. The maximum absolute atomic E-state index is 6.16. The second-order valence-corrected chi connectivity index (χ2v) is 5.94. The summed E-state index contributed by atoms with van der Waals surface area (Å²) in [5.74, 6) is 1.89. The zero-order valence-electron chi connectivity index (χ0n) is 14.0. The van der Waals surface area contributed by atoms with E-state index in [4.69, 9.17) is 16.1 Å². The van der Waals surface area contributed by atoms with Crippen LogP contribution in [0.5, 0.6) is 0 Å². The average Bonchev–Trinajstić information content (AvgIpc) is 2.87. The van der Waals surface area contributed by atoms with Crippen LogP contribution in [0.4, 0.5) is 0 Å². The first kappa shape index (κ1) is 17.3. The molecule has 0 amide bonds. The van der Waals surface area contributed by atoms with Gasteiger partial charge in [-0.3, -0.25) is 4.99 Å².